The van der Waals surface area contributed by atoms with E-state index in [9.17, 15) is 8.42 Å². The Morgan fingerprint density at radius 2 is 2.00 bits per heavy atom. The average Bonchev–Trinajstić information content (AvgIpc) is 2.92. The van der Waals surface area contributed by atoms with Crippen molar-refractivity contribution >= 4 is 15.7 Å². The zero-order valence-electron chi connectivity index (χ0n) is 11.3. The van der Waals surface area contributed by atoms with Crippen LogP contribution in [0.3, 0.4) is 0 Å². The second kappa shape index (κ2) is 6.53. The molecule has 1 aromatic carbocycles. The Morgan fingerprint density at radius 1 is 1.25 bits per heavy atom. The molecule has 20 heavy (non-hydrogen) atoms. The van der Waals surface area contributed by atoms with Crippen LogP contribution < -0.4 is 10.0 Å². The molecule has 0 bridgehead atoms. The summed E-state index contributed by atoms with van der Waals surface area (Å²) in [5.41, 5.74) is 0.889. The summed E-state index contributed by atoms with van der Waals surface area (Å²) in [5, 5.41) is 3.23. The number of nitrogens with zero attached hydrogens (tertiary/aromatic N) is 2. The van der Waals surface area contributed by atoms with Gasteiger partial charge in [0.25, 0.3) is 0 Å². The van der Waals surface area contributed by atoms with Gasteiger partial charge in [0.05, 0.1) is 11.2 Å². The molecule has 0 spiro atoms. The van der Waals surface area contributed by atoms with E-state index in [1.54, 1.807) is 43.7 Å². The van der Waals surface area contributed by atoms with Crippen LogP contribution in [0, 0.1) is 0 Å². The molecule has 0 saturated carbocycles. The van der Waals surface area contributed by atoms with Crippen molar-refractivity contribution in [3.63, 3.8) is 0 Å². The maximum Gasteiger partial charge on any atom is 0.240 e. The van der Waals surface area contributed by atoms with E-state index in [1.807, 2.05) is 10.8 Å². The lowest BCUT2D eigenvalue weighted by Gasteiger charge is -2.08. The number of imidazole rings is 1. The predicted octanol–water partition coefficient (Wildman–Crippen LogP) is 1.29. The molecule has 1 heterocycles. The Kier molecular flexibility index (Phi) is 4.75. The first-order chi connectivity index (χ1) is 9.62. The molecule has 0 amide bonds. The van der Waals surface area contributed by atoms with Crippen molar-refractivity contribution in [2.24, 2.45) is 0 Å². The first kappa shape index (κ1) is 14.5. The fraction of sp³-hybridized carbons (Fsp3) is 0.308. The first-order valence-corrected chi connectivity index (χ1v) is 7.89. The van der Waals surface area contributed by atoms with E-state index in [0.717, 1.165) is 18.8 Å². The summed E-state index contributed by atoms with van der Waals surface area (Å²) in [7, 11) is -3.37. The van der Waals surface area contributed by atoms with Crippen LogP contribution in [0.5, 0.6) is 0 Å². The van der Waals surface area contributed by atoms with Crippen molar-refractivity contribution in [2.45, 2.75) is 18.4 Å². The van der Waals surface area contributed by atoms with Crippen molar-refractivity contribution < 1.29 is 8.42 Å². The van der Waals surface area contributed by atoms with Crippen LogP contribution in [0.4, 0.5) is 5.69 Å². The second-order valence-electron chi connectivity index (χ2n) is 4.25. The summed E-state index contributed by atoms with van der Waals surface area (Å²) >= 11 is 0. The standard InChI is InChI=1S/C13H18N4O2S/c1-2-16-20(18,19)13-5-3-12(4-6-13)15-8-10-17-9-7-14-11-17/h3-7,9,11,15-16H,2,8,10H2,1H3. The van der Waals surface area contributed by atoms with Crippen molar-refractivity contribution in [3.8, 4) is 0 Å². The molecule has 2 rings (SSSR count). The Hall–Kier alpha value is -1.86. The molecule has 0 atom stereocenters. The zero-order valence-corrected chi connectivity index (χ0v) is 12.1. The number of anilines is 1. The molecular formula is C13H18N4O2S. The topological polar surface area (TPSA) is 76.0 Å². The van der Waals surface area contributed by atoms with Crippen molar-refractivity contribution in [1.82, 2.24) is 14.3 Å². The molecule has 108 valence electrons. The molecule has 0 unspecified atom stereocenters. The van der Waals surface area contributed by atoms with Crippen LogP contribution in [0.1, 0.15) is 6.92 Å². The largest absolute Gasteiger partial charge is 0.383 e. The minimum atomic E-state index is -3.37. The molecule has 6 nitrogen and oxygen atoms in total. The third kappa shape index (κ3) is 3.82. The maximum absolute atomic E-state index is 11.8. The van der Waals surface area contributed by atoms with Gasteiger partial charge in [-0.1, -0.05) is 6.92 Å². The van der Waals surface area contributed by atoms with Crippen LogP contribution in [-0.4, -0.2) is 31.1 Å². The van der Waals surface area contributed by atoms with E-state index in [4.69, 9.17) is 0 Å². The number of benzene rings is 1. The highest BCUT2D eigenvalue weighted by atomic mass is 32.2. The Balaban J connectivity index is 1.91. The summed E-state index contributed by atoms with van der Waals surface area (Å²) in [6.45, 7) is 3.68. The number of hydrogen-bond acceptors (Lipinski definition) is 4. The van der Waals surface area contributed by atoms with Crippen LogP contribution in [0.15, 0.2) is 47.9 Å². The quantitative estimate of drug-likeness (QED) is 0.807. The van der Waals surface area contributed by atoms with Crippen molar-refractivity contribution in [1.29, 1.82) is 0 Å². The molecule has 7 heteroatoms. The van der Waals surface area contributed by atoms with Crippen LogP contribution in [-0.2, 0) is 16.6 Å². The fourth-order valence-corrected chi connectivity index (χ4v) is 2.81. The van der Waals surface area contributed by atoms with Gasteiger partial charge in [0.15, 0.2) is 0 Å². The number of rotatable bonds is 7. The van der Waals surface area contributed by atoms with Gasteiger partial charge in [-0.2, -0.15) is 0 Å². The number of aromatic nitrogens is 2. The third-order valence-electron chi connectivity index (χ3n) is 2.76. The third-order valence-corrected chi connectivity index (χ3v) is 4.32. The molecule has 0 radical (unpaired) electrons. The molecule has 0 aliphatic heterocycles. The predicted molar refractivity (Wildman–Crippen MR) is 78.0 cm³/mol. The van der Waals surface area contributed by atoms with E-state index in [1.165, 1.54) is 0 Å². The van der Waals surface area contributed by atoms with E-state index in [0.29, 0.717) is 6.54 Å². The van der Waals surface area contributed by atoms with E-state index in [2.05, 4.69) is 15.0 Å². The molecule has 0 aliphatic rings. The highest BCUT2D eigenvalue weighted by molar-refractivity contribution is 7.89. The zero-order chi connectivity index (χ0) is 14.4. The minimum Gasteiger partial charge on any atom is -0.383 e. The number of sulfonamides is 1. The molecule has 0 aliphatic carbocycles. The summed E-state index contributed by atoms with van der Waals surface area (Å²) < 4.78 is 28.0. The van der Waals surface area contributed by atoms with Gasteiger partial charge in [0, 0.05) is 37.7 Å². The van der Waals surface area contributed by atoms with Gasteiger partial charge in [-0.15, -0.1) is 0 Å². The Labute approximate surface area is 118 Å². The van der Waals surface area contributed by atoms with Crippen LogP contribution in [0.25, 0.3) is 0 Å². The Bertz CT molecular complexity index is 621. The van der Waals surface area contributed by atoms with Gasteiger partial charge in [0.2, 0.25) is 10.0 Å². The van der Waals surface area contributed by atoms with E-state index >= 15 is 0 Å². The highest BCUT2D eigenvalue weighted by Gasteiger charge is 2.11. The highest BCUT2D eigenvalue weighted by Crippen LogP contribution is 2.13. The molecule has 0 fully saturated rings. The molecular weight excluding hydrogens is 276 g/mol. The fourth-order valence-electron chi connectivity index (χ4n) is 1.77. The molecule has 1 aromatic heterocycles. The van der Waals surface area contributed by atoms with E-state index in [-0.39, 0.29) is 4.90 Å². The van der Waals surface area contributed by atoms with Crippen molar-refractivity contribution in [3.05, 3.63) is 43.0 Å². The van der Waals surface area contributed by atoms with Gasteiger partial charge in [-0.05, 0) is 24.3 Å². The molecule has 0 saturated heterocycles. The van der Waals surface area contributed by atoms with Gasteiger partial charge >= 0.3 is 0 Å². The summed E-state index contributed by atoms with van der Waals surface area (Å²) in [6, 6.07) is 6.71. The SMILES string of the molecule is CCNS(=O)(=O)c1ccc(NCCn2ccnc2)cc1. The summed E-state index contributed by atoms with van der Waals surface area (Å²) in [5.74, 6) is 0. The first-order valence-electron chi connectivity index (χ1n) is 6.41. The second-order valence-corrected chi connectivity index (χ2v) is 6.02. The van der Waals surface area contributed by atoms with Crippen molar-refractivity contribution in [2.75, 3.05) is 18.4 Å². The lowest BCUT2D eigenvalue weighted by atomic mass is 10.3. The number of nitrogens with one attached hydrogen (secondary N) is 2. The lowest BCUT2D eigenvalue weighted by molar-refractivity contribution is 0.584. The average molecular weight is 294 g/mol. The minimum absolute atomic E-state index is 0.277. The summed E-state index contributed by atoms with van der Waals surface area (Å²) in [4.78, 5) is 4.24. The van der Waals surface area contributed by atoms with Gasteiger partial charge < -0.3 is 9.88 Å². The maximum atomic E-state index is 11.8. The molecule has 2 N–H and O–H groups in total. The number of hydrogen-bond donors (Lipinski definition) is 2. The van der Waals surface area contributed by atoms with E-state index < -0.39 is 10.0 Å². The van der Waals surface area contributed by atoms with Crippen LogP contribution in [0.2, 0.25) is 0 Å². The van der Waals surface area contributed by atoms with Gasteiger partial charge in [0.1, 0.15) is 0 Å². The monoisotopic (exact) mass is 294 g/mol. The van der Waals surface area contributed by atoms with Crippen LogP contribution >= 0.6 is 0 Å². The normalized spacial score (nSPS) is 11.4. The molecule has 2 aromatic rings. The summed E-state index contributed by atoms with van der Waals surface area (Å²) in [6.07, 6.45) is 5.39. The van der Waals surface area contributed by atoms with Gasteiger partial charge in [-0.25, -0.2) is 18.1 Å². The lowest BCUT2D eigenvalue weighted by Crippen LogP contribution is -2.23. The Morgan fingerprint density at radius 3 is 2.60 bits per heavy atom. The smallest absolute Gasteiger partial charge is 0.240 e. The van der Waals surface area contributed by atoms with Gasteiger partial charge in [-0.3, -0.25) is 0 Å².